The van der Waals surface area contributed by atoms with Gasteiger partial charge in [-0.25, -0.2) is 4.79 Å². The molecule has 0 aromatic rings. The standard InChI is InChI=1S/C28H47N5O7/c1-18(2)24(26(38)30-19(3)25(37)31-20(27(39)40)12-9-10-16-29)33(28(4,5)6)23(36)13-8-7-11-17-32-21(34)14-15-22(32)35/h14-15,18-20,24H,7-13,16-17,29H2,1-6H3,(H,30,38)(H,31,37)(H,39,40)/t19-,20-,24-/m0/s1. The van der Waals surface area contributed by atoms with Crippen molar-refractivity contribution in [1.29, 1.82) is 0 Å². The van der Waals surface area contributed by atoms with Crippen LogP contribution in [0.15, 0.2) is 12.2 Å². The van der Waals surface area contributed by atoms with Gasteiger partial charge in [-0.1, -0.05) is 20.3 Å². The number of nitrogens with two attached hydrogens (primary N) is 1. The molecule has 5 amide bonds. The molecule has 0 spiro atoms. The van der Waals surface area contributed by atoms with Crippen LogP contribution in [0.2, 0.25) is 0 Å². The minimum atomic E-state index is -1.16. The number of nitrogens with one attached hydrogen (secondary N) is 2. The summed E-state index contributed by atoms with van der Waals surface area (Å²) in [6, 6.07) is -2.98. The minimum absolute atomic E-state index is 0.174. The lowest BCUT2D eigenvalue weighted by Gasteiger charge is -2.43. The molecule has 5 N–H and O–H groups in total. The highest BCUT2D eigenvalue weighted by molar-refractivity contribution is 6.12. The first-order valence-electron chi connectivity index (χ1n) is 14.0. The van der Waals surface area contributed by atoms with Gasteiger partial charge in [0, 0.05) is 30.7 Å². The molecule has 226 valence electrons. The molecule has 0 fully saturated rings. The van der Waals surface area contributed by atoms with E-state index in [0.29, 0.717) is 38.6 Å². The van der Waals surface area contributed by atoms with Crippen molar-refractivity contribution in [3.8, 4) is 0 Å². The van der Waals surface area contributed by atoms with E-state index in [1.807, 2.05) is 34.6 Å². The summed E-state index contributed by atoms with van der Waals surface area (Å²) in [5, 5.41) is 14.6. The SMILES string of the molecule is CC(C)[C@@H](C(=O)N[C@@H](C)C(=O)N[C@@H](CCCCN)C(=O)O)N(C(=O)CCCCCN1C(=O)C=CC1=O)C(C)(C)C. The second kappa shape index (κ2) is 16.1. The maximum absolute atomic E-state index is 13.4. The first-order valence-corrected chi connectivity index (χ1v) is 14.0. The van der Waals surface area contributed by atoms with Crippen LogP contribution in [0.4, 0.5) is 0 Å². The number of hydrogen-bond acceptors (Lipinski definition) is 7. The van der Waals surface area contributed by atoms with Crippen molar-refractivity contribution < 1.29 is 33.9 Å². The Morgan fingerprint density at radius 3 is 2.02 bits per heavy atom. The third-order valence-corrected chi connectivity index (χ3v) is 6.66. The zero-order valence-corrected chi connectivity index (χ0v) is 24.7. The molecule has 0 aliphatic carbocycles. The van der Waals surface area contributed by atoms with Gasteiger partial charge in [0.05, 0.1) is 0 Å². The van der Waals surface area contributed by atoms with Crippen LogP contribution < -0.4 is 16.4 Å². The molecule has 12 heteroatoms. The molecule has 0 saturated heterocycles. The zero-order chi connectivity index (χ0) is 30.6. The second-order valence-electron chi connectivity index (χ2n) is 11.5. The molecule has 1 rings (SSSR count). The number of hydrogen-bond donors (Lipinski definition) is 4. The number of carboxylic acids is 1. The summed E-state index contributed by atoms with van der Waals surface area (Å²) in [5.41, 5.74) is 4.76. The van der Waals surface area contributed by atoms with Gasteiger partial charge in [-0.05, 0) is 72.3 Å². The smallest absolute Gasteiger partial charge is 0.326 e. The average Bonchev–Trinajstić information content (AvgIpc) is 3.17. The lowest BCUT2D eigenvalue weighted by atomic mass is 9.93. The number of rotatable bonds is 17. The fourth-order valence-corrected chi connectivity index (χ4v) is 4.57. The van der Waals surface area contributed by atoms with Crippen LogP contribution in [0, 0.1) is 5.92 Å². The van der Waals surface area contributed by atoms with Gasteiger partial charge in [-0.2, -0.15) is 0 Å². The predicted molar refractivity (Wildman–Crippen MR) is 150 cm³/mol. The molecule has 3 atom stereocenters. The van der Waals surface area contributed by atoms with Gasteiger partial charge in [0.25, 0.3) is 11.8 Å². The number of carbonyl (C=O) groups is 6. The molecule has 0 aromatic carbocycles. The van der Waals surface area contributed by atoms with Gasteiger partial charge >= 0.3 is 5.97 Å². The van der Waals surface area contributed by atoms with Crippen LogP contribution in [-0.2, 0) is 28.8 Å². The van der Waals surface area contributed by atoms with Crippen LogP contribution in [0.3, 0.4) is 0 Å². The van der Waals surface area contributed by atoms with Crippen LogP contribution in [0.25, 0.3) is 0 Å². The molecule has 0 radical (unpaired) electrons. The van der Waals surface area contributed by atoms with Crippen molar-refractivity contribution in [2.75, 3.05) is 13.1 Å². The maximum atomic E-state index is 13.4. The average molecular weight is 566 g/mol. The first kappa shape index (κ1) is 34.7. The van der Waals surface area contributed by atoms with E-state index in [1.165, 1.54) is 24.0 Å². The number of aliphatic carboxylic acids is 1. The monoisotopic (exact) mass is 565 g/mol. The number of imide groups is 1. The van der Waals surface area contributed by atoms with Gasteiger partial charge < -0.3 is 26.4 Å². The van der Waals surface area contributed by atoms with Crippen molar-refractivity contribution in [2.45, 2.75) is 110 Å². The second-order valence-corrected chi connectivity index (χ2v) is 11.5. The summed E-state index contributed by atoms with van der Waals surface area (Å²) in [7, 11) is 0. The highest BCUT2D eigenvalue weighted by Gasteiger charge is 2.39. The van der Waals surface area contributed by atoms with Gasteiger partial charge in [-0.3, -0.25) is 28.9 Å². The quantitative estimate of drug-likeness (QED) is 0.151. The van der Waals surface area contributed by atoms with Gasteiger partial charge in [0.2, 0.25) is 17.7 Å². The molecule has 40 heavy (non-hydrogen) atoms. The molecule has 0 unspecified atom stereocenters. The van der Waals surface area contributed by atoms with Gasteiger partial charge in [0.15, 0.2) is 0 Å². The van der Waals surface area contributed by atoms with E-state index in [9.17, 15) is 33.9 Å². The fourth-order valence-electron chi connectivity index (χ4n) is 4.57. The third kappa shape index (κ3) is 10.7. The molecule has 12 nitrogen and oxygen atoms in total. The van der Waals surface area contributed by atoms with E-state index >= 15 is 0 Å². The molecule has 1 aliphatic rings. The Balaban J connectivity index is 2.81. The van der Waals surface area contributed by atoms with Crippen LogP contribution >= 0.6 is 0 Å². The van der Waals surface area contributed by atoms with Crippen molar-refractivity contribution >= 4 is 35.5 Å². The Hall–Kier alpha value is -3.28. The molecule has 0 aromatic heterocycles. The Morgan fingerprint density at radius 2 is 1.52 bits per heavy atom. The van der Waals surface area contributed by atoms with Gasteiger partial charge in [0.1, 0.15) is 18.1 Å². The zero-order valence-electron chi connectivity index (χ0n) is 24.7. The molecular formula is C28H47N5O7. The lowest BCUT2D eigenvalue weighted by Crippen LogP contribution is -2.61. The fraction of sp³-hybridized carbons (Fsp3) is 0.714. The number of unbranched alkanes of at least 4 members (excludes halogenated alkanes) is 3. The summed E-state index contributed by atoms with van der Waals surface area (Å²) in [5.74, 6) is -3.47. The molecule has 0 bridgehead atoms. The highest BCUT2D eigenvalue weighted by Crippen LogP contribution is 2.24. The van der Waals surface area contributed by atoms with Gasteiger partial charge in [-0.15, -0.1) is 0 Å². The number of amides is 5. The van der Waals surface area contributed by atoms with E-state index in [-0.39, 0.29) is 43.0 Å². The van der Waals surface area contributed by atoms with E-state index in [2.05, 4.69) is 10.6 Å². The first-order chi connectivity index (χ1) is 18.6. The summed E-state index contributed by atoms with van der Waals surface area (Å²) in [4.78, 5) is 77.1. The van der Waals surface area contributed by atoms with E-state index in [1.54, 1.807) is 4.90 Å². The Kier molecular flexibility index (Phi) is 14.0. The third-order valence-electron chi connectivity index (χ3n) is 6.66. The normalized spacial score (nSPS) is 15.7. The topological polar surface area (TPSA) is 179 Å². The van der Waals surface area contributed by atoms with Crippen molar-refractivity contribution in [2.24, 2.45) is 11.7 Å². The van der Waals surface area contributed by atoms with E-state index < -0.39 is 41.4 Å². The van der Waals surface area contributed by atoms with Crippen LogP contribution in [0.5, 0.6) is 0 Å². The number of nitrogens with zero attached hydrogens (tertiary/aromatic N) is 2. The summed E-state index contributed by atoms with van der Waals surface area (Å²) in [6.45, 7) is 11.3. The largest absolute Gasteiger partial charge is 0.480 e. The number of carbonyl (C=O) groups excluding carboxylic acids is 5. The Bertz CT molecular complexity index is 939. The van der Waals surface area contributed by atoms with Crippen molar-refractivity contribution in [3.05, 3.63) is 12.2 Å². The van der Waals surface area contributed by atoms with Crippen molar-refractivity contribution in [3.63, 3.8) is 0 Å². The molecule has 0 saturated carbocycles. The summed E-state index contributed by atoms with van der Waals surface area (Å²) < 4.78 is 0. The van der Waals surface area contributed by atoms with Crippen molar-refractivity contribution in [1.82, 2.24) is 20.4 Å². The lowest BCUT2D eigenvalue weighted by molar-refractivity contribution is -0.149. The molecule has 1 heterocycles. The summed E-state index contributed by atoms with van der Waals surface area (Å²) in [6.07, 6.45) is 5.74. The molecule has 1 aliphatic heterocycles. The number of carboxylic acid groups (broad SMARTS) is 1. The minimum Gasteiger partial charge on any atom is -0.480 e. The molecular weight excluding hydrogens is 518 g/mol. The Morgan fingerprint density at radius 1 is 0.925 bits per heavy atom. The van der Waals surface area contributed by atoms with Crippen LogP contribution in [0.1, 0.15) is 86.5 Å². The maximum Gasteiger partial charge on any atom is 0.326 e. The predicted octanol–water partition coefficient (Wildman–Crippen LogP) is 1.33. The van der Waals surface area contributed by atoms with Crippen LogP contribution in [-0.4, -0.2) is 87.2 Å². The van der Waals surface area contributed by atoms with E-state index in [4.69, 9.17) is 5.73 Å². The summed E-state index contributed by atoms with van der Waals surface area (Å²) >= 11 is 0. The highest BCUT2D eigenvalue weighted by atomic mass is 16.4. The van der Waals surface area contributed by atoms with E-state index in [0.717, 1.165) is 0 Å². The Labute approximate surface area is 237 Å².